The van der Waals surface area contributed by atoms with Crippen molar-refractivity contribution in [1.29, 1.82) is 0 Å². The van der Waals surface area contributed by atoms with Crippen molar-refractivity contribution in [3.63, 3.8) is 0 Å². The predicted molar refractivity (Wildman–Crippen MR) is 44.6 cm³/mol. The zero-order valence-electron chi connectivity index (χ0n) is 6.18. The van der Waals surface area contributed by atoms with Gasteiger partial charge in [0.1, 0.15) is 0 Å². The molecule has 0 nitrogen and oxygen atoms in total. The standard InChI is InChI=1S/C6H5.C3H2Cl.Hg/c1-2-4-6-5-3-1;1-2-3-4;/h1-5H;3H2;. The second-order valence-electron chi connectivity index (χ2n) is 2.15. The monoisotopic (exact) mass is 352 g/mol. The molecule has 1 aromatic rings. The molecule has 0 heterocycles. The molecule has 0 atom stereocenters. The van der Waals surface area contributed by atoms with E-state index in [9.17, 15) is 0 Å². The van der Waals surface area contributed by atoms with Gasteiger partial charge in [0.15, 0.2) is 0 Å². The van der Waals surface area contributed by atoms with Gasteiger partial charge in [-0.05, 0) is 0 Å². The molecule has 0 unspecified atom stereocenters. The van der Waals surface area contributed by atoms with Crippen LogP contribution >= 0.6 is 11.6 Å². The molecule has 11 heavy (non-hydrogen) atoms. The van der Waals surface area contributed by atoms with Gasteiger partial charge in [-0.3, -0.25) is 0 Å². The molecule has 0 radical (unpaired) electrons. The van der Waals surface area contributed by atoms with Crippen molar-refractivity contribution in [2.45, 2.75) is 0 Å². The number of rotatable bonds is 1. The van der Waals surface area contributed by atoms with Crippen molar-refractivity contribution in [3.8, 4) is 9.35 Å². The van der Waals surface area contributed by atoms with Gasteiger partial charge in [0.2, 0.25) is 0 Å². The summed E-state index contributed by atoms with van der Waals surface area (Å²) in [7, 11) is 0. The van der Waals surface area contributed by atoms with Crippen LogP contribution in [0.25, 0.3) is 0 Å². The van der Waals surface area contributed by atoms with E-state index in [1.165, 1.54) is 3.07 Å². The molecule has 1 aromatic carbocycles. The summed E-state index contributed by atoms with van der Waals surface area (Å²) in [5.74, 6) is 3.39. The minimum absolute atomic E-state index is 0.479. The van der Waals surface area contributed by atoms with Gasteiger partial charge < -0.3 is 0 Å². The fraction of sp³-hybridized carbons (Fsp3) is 0.111. The first-order valence-electron chi connectivity index (χ1n) is 3.49. The van der Waals surface area contributed by atoms with E-state index in [0.29, 0.717) is 5.88 Å². The van der Waals surface area contributed by atoms with Crippen LogP contribution in [0.2, 0.25) is 0 Å². The number of benzene rings is 1. The van der Waals surface area contributed by atoms with Crippen LogP contribution in [0.1, 0.15) is 0 Å². The van der Waals surface area contributed by atoms with E-state index >= 15 is 0 Å². The Morgan fingerprint density at radius 1 is 1.27 bits per heavy atom. The van der Waals surface area contributed by atoms with E-state index in [4.69, 9.17) is 11.6 Å². The van der Waals surface area contributed by atoms with E-state index in [-0.39, 0.29) is 0 Å². The SMILES string of the molecule is ClCC#[C][Hg][c]1ccccc1. The normalized spacial score (nSPS) is 7.73. The first kappa shape index (κ1) is 9.10. The average molecular weight is 351 g/mol. The Bertz CT molecular complexity index is 258. The van der Waals surface area contributed by atoms with Crippen LogP contribution < -0.4 is 3.07 Å². The third-order valence-corrected chi connectivity index (χ3v) is 6.54. The van der Waals surface area contributed by atoms with E-state index < -0.39 is 24.6 Å². The average Bonchev–Trinajstić information content (AvgIpc) is 2.07. The summed E-state index contributed by atoms with van der Waals surface area (Å²) >= 11 is 4.36. The molecule has 0 saturated heterocycles. The number of halogens is 1. The van der Waals surface area contributed by atoms with Gasteiger partial charge in [-0.15, -0.1) is 0 Å². The quantitative estimate of drug-likeness (QED) is 0.410. The molecule has 52 valence electrons. The Morgan fingerprint density at radius 3 is 2.64 bits per heavy atom. The van der Waals surface area contributed by atoms with Crippen LogP contribution in [0.4, 0.5) is 0 Å². The Balaban J connectivity index is 2.52. The van der Waals surface area contributed by atoms with Crippen molar-refractivity contribution >= 4 is 14.7 Å². The number of hydrogen-bond donors (Lipinski definition) is 0. The molecular formula is C9H7ClHg. The Morgan fingerprint density at radius 2 is 2.00 bits per heavy atom. The fourth-order valence-corrected chi connectivity index (χ4v) is 5.26. The maximum absolute atomic E-state index is 5.43. The minimum atomic E-state index is -1.07. The van der Waals surface area contributed by atoms with Gasteiger partial charge in [0.25, 0.3) is 0 Å². The second kappa shape index (κ2) is 5.63. The van der Waals surface area contributed by atoms with Gasteiger partial charge >= 0.3 is 84.8 Å². The Kier molecular flexibility index (Phi) is 4.65. The molecule has 0 spiro atoms. The van der Waals surface area contributed by atoms with Gasteiger partial charge in [0.05, 0.1) is 0 Å². The van der Waals surface area contributed by atoms with E-state index in [0.717, 1.165) is 0 Å². The van der Waals surface area contributed by atoms with Gasteiger partial charge in [-0.1, -0.05) is 0 Å². The first-order chi connectivity index (χ1) is 5.43. The third-order valence-electron chi connectivity index (χ3n) is 1.33. The van der Waals surface area contributed by atoms with Crippen molar-refractivity contribution in [2.24, 2.45) is 0 Å². The summed E-state index contributed by atoms with van der Waals surface area (Å²) in [4.78, 5) is 0. The summed E-state index contributed by atoms with van der Waals surface area (Å²) in [6, 6.07) is 10.5. The summed E-state index contributed by atoms with van der Waals surface area (Å²) in [6.45, 7) is 0. The van der Waals surface area contributed by atoms with Crippen molar-refractivity contribution in [3.05, 3.63) is 30.3 Å². The Labute approximate surface area is 84.4 Å². The van der Waals surface area contributed by atoms with E-state index in [1.807, 2.05) is 6.07 Å². The molecule has 1 rings (SSSR count). The molecule has 0 fully saturated rings. The first-order valence-corrected chi connectivity index (χ1v) is 9.52. The van der Waals surface area contributed by atoms with Crippen LogP contribution in [0.5, 0.6) is 0 Å². The van der Waals surface area contributed by atoms with Crippen LogP contribution in [-0.2, 0) is 24.6 Å². The summed E-state index contributed by atoms with van der Waals surface area (Å²) in [5, 5.41) is 0. The molecule has 0 aromatic heterocycles. The molecule has 0 saturated carbocycles. The molecule has 0 aliphatic heterocycles. The van der Waals surface area contributed by atoms with E-state index in [2.05, 4.69) is 33.6 Å². The van der Waals surface area contributed by atoms with Crippen LogP contribution in [0.3, 0.4) is 0 Å². The Hall–Kier alpha value is 0.00506. The number of alkyl halides is 1. The summed E-state index contributed by atoms with van der Waals surface area (Å²) in [6.07, 6.45) is 0. The number of hydrogen-bond acceptors (Lipinski definition) is 0. The summed E-state index contributed by atoms with van der Waals surface area (Å²) in [5.41, 5.74) is 0. The molecule has 0 N–H and O–H groups in total. The van der Waals surface area contributed by atoms with Crippen LogP contribution in [-0.4, -0.2) is 5.88 Å². The molecule has 2 heteroatoms. The van der Waals surface area contributed by atoms with Crippen LogP contribution in [0.15, 0.2) is 30.3 Å². The fourth-order valence-electron chi connectivity index (χ4n) is 0.808. The van der Waals surface area contributed by atoms with E-state index in [1.54, 1.807) is 0 Å². The zero-order valence-corrected chi connectivity index (χ0v) is 12.4. The van der Waals surface area contributed by atoms with Crippen molar-refractivity contribution in [2.75, 3.05) is 5.88 Å². The van der Waals surface area contributed by atoms with Crippen LogP contribution in [0, 0.1) is 9.35 Å². The maximum atomic E-state index is 5.43. The van der Waals surface area contributed by atoms with Gasteiger partial charge in [0, 0.05) is 0 Å². The zero-order chi connectivity index (χ0) is 7.94. The predicted octanol–water partition coefficient (Wildman–Crippen LogP) is 1.59. The molecule has 0 bridgehead atoms. The van der Waals surface area contributed by atoms with Gasteiger partial charge in [-0.25, -0.2) is 0 Å². The molecule has 0 aliphatic carbocycles. The molecule has 0 amide bonds. The van der Waals surface area contributed by atoms with Crippen molar-refractivity contribution < 1.29 is 24.6 Å². The van der Waals surface area contributed by atoms with Crippen molar-refractivity contribution in [1.82, 2.24) is 0 Å². The topological polar surface area (TPSA) is 0 Å². The summed E-state index contributed by atoms with van der Waals surface area (Å²) < 4.78 is 4.65. The molecule has 0 aliphatic rings. The third kappa shape index (κ3) is 3.79. The van der Waals surface area contributed by atoms with Gasteiger partial charge in [-0.2, -0.15) is 0 Å². The second-order valence-corrected chi connectivity index (χ2v) is 8.34. The molecular weight excluding hydrogens is 344 g/mol.